The fourth-order valence-electron chi connectivity index (χ4n) is 3.85. The van der Waals surface area contributed by atoms with Gasteiger partial charge in [-0.15, -0.1) is 0 Å². The Balaban J connectivity index is 1.67. The highest BCUT2D eigenvalue weighted by molar-refractivity contribution is 7.92. The van der Waals surface area contributed by atoms with E-state index in [1.54, 1.807) is 30.3 Å². The first-order chi connectivity index (χ1) is 16.8. The van der Waals surface area contributed by atoms with Gasteiger partial charge >= 0.3 is 0 Å². The monoisotopic (exact) mass is 484 g/mol. The molecule has 4 rings (SSSR count). The summed E-state index contributed by atoms with van der Waals surface area (Å²) in [5.41, 5.74) is 4.38. The molecule has 35 heavy (non-hydrogen) atoms. The Morgan fingerprint density at radius 1 is 0.714 bits per heavy atom. The van der Waals surface area contributed by atoms with Crippen molar-refractivity contribution in [2.24, 2.45) is 0 Å². The molecule has 0 aliphatic heterocycles. The van der Waals surface area contributed by atoms with E-state index in [2.05, 4.69) is 5.32 Å². The maximum absolute atomic E-state index is 13.6. The van der Waals surface area contributed by atoms with Gasteiger partial charge in [0.25, 0.3) is 10.0 Å². The number of amides is 1. The first-order valence-electron chi connectivity index (χ1n) is 11.4. The smallest absolute Gasteiger partial charge is 0.264 e. The molecule has 1 atom stereocenters. The number of nitrogens with one attached hydrogen (secondary N) is 1. The summed E-state index contributed by atoms with van der Waals surface area (Å²) in [6.07, 6.45) is 0. The molecule has 0 heterocycles. The third-order valence-electron chi connectivity index (χ3n) is 5.79. The number of benzene rings is 4. The van der Waals surface area contributed by atoms with E-state index in [1.165, 1.54) is 12.1 Å². The fraction of sp³-hybridized carbons (Fsp3) is 0.138. The molecule has 1 amide bonds. The first kappa shape index (κ1) is 24.2. The lowest BCUT2D eigenvalue weighted by atomic mass is 9.98. The molecule has 0 unspecified atom stereocenters. The van der Waals surface area contributed by atoms with Crippen molar-refractivity contribution in [3.63, 3.8) is 0 Å². The van der Waals surface area contributed by atoms with Crippen LogP contribution in [0.3, 0.4) is 0 Å². The van der Waals surface area contributed by atoms with Crippen LogP contribution in [0.1, 0.15) is 28.3 Å². The number of anilines is 1. The summed E-state index contributed by atoms with van der Waals surface area (Å²) in [6.45, 7) is 3.59. The molecule has 4 aromatic carbocycles. The minimum absolute atomic E-state index is 0.131. The molecule has 0 radical (unpaired) electrons. The van der Waals surface area contributed by atoms with Gasteiger partial charge in [-0.1, -0.05) is 96.1 Å². The Hall–Kier alpha value is -3.90. The Kier molecular flexibility index (Phi) is 7.32. The Morgan fingerprint density at radius 3 is 1.77 bits per heavy atom. The molecular formula is C29H28N2O3S. The van der Waals surface area contributed by atoms with Gasteiger partial charge in [0.15, 0.2) is 0 Å². The van der Waals surface area contributed by atoms with E-state index in [0.29, 0.717) is 5.69 Å². The van der Waals surface area contributed by atoms with Gasteiger partial charge in [-0.3, -0.25) is 9.10 Å². The van der Waals surface area contributed by atoms with Crippen LogP contribution in [0.5, 0.6) is 0 Å². The molecule has 0 aliphatic carbocycles. The number of hydrogen-bond acceptors (Lipinski definition) is 3. The van der Waals surface area contributed by atoms with Gasteiger partial charge < -0.3 is 5.32 Å². The molecule has 0 aliphatic rings. The first-order valence-corrected chi connectivity index (χ1v) is 12.8. The van der Waals surface area contributed by atoms with Gasteiger partial charge in [-0.25, -0.2) is 8.42 Å². The average Bonchev–Trinajstić information content (AvgIpc) is 2.88. The second-order valence-corrected chi connectivity index (χ2v) is 10.3. The van der Waals surface area contributed by atoms with Crippen molar-refractivity contribution in [3.8, 4) is 0 Å². The summed E-state index contributed by atoms with van der Waals surface area (Å²) >= 11 is 0. The van der Waals surface area contributed by atoms with Crippen LogP contribution in [0.25, 0.3) is 0 Å². The standard InChI is InChI=1S/C29H28N2O3S/c1-22-13-17-25(18-14-22)29(24-9-5-3-6-10-24)30-28(32)21-31(26-19-15-23(2)16-20-26)35(33,34)27-11-7-4-8-12-27/h3-20,29H,21H2,1-2H3,(H,30,32)/t29-/m1/s1. The van der Waals surface area contributed by atoms with Gasteiger partial charge in [-0.05, 0) is 49.2 Å². The normalized spacial score (nSPS) is 12.1. The SMILES string of the molecule is Cc1ccc([C@H](NC(=O)CN(c2ccc(C)cc2)S(=O)(=O)c2ccccc2)c2ccccc2)cc1. The van der Waals surface area contributed by atoms with Crippen LogP contribution in [0.2, 0.25) is 0 Å². The molecule has 0 aromatic heterocycles. The lowest BCUT2D eigenvalue weighted by molar-refractivity contribution is -0.120. The third kappa shape index (κ3) is 5.78. The molecule has 1 N–H and O–H groups in total. The highest BCUT2D eigenvalue weighted by atomic mass is 32.2. The van der Waals surface area contributed by atoms with Gasteiger partial charge in [-0.2, -0.15) is 0 Å². The third-order valence-corrected chi connectivity index (χ3v) is 7.58. The number of rotatable bonds is 8. The molecule has 0 bridgehead atoms. The van der Waals surface area contributed by atoms with Crippen LogP contribution >= 0.6 is 0 Å². The van der Waals surface area contributed by atoms with Crippen LogP contribution < -0.4 is 9.62 Å². The van der Waals surface area contributed by atoms with E-state index in [9.17, 15) is 13.2 Å². The van der Waals surface area contributed by atoms with Crippen molar-refractivity contribution in [1.82, 2.24) is 5.32 Å². The maximum atomic E-state index is 13.6. The van der Waals surface area contributed by atoms with Crippen LogP contribution in [0.15, 0.2) is 114 Å². The molecular weight excluding hydrogens is 456 g/mol. The molecule has 178 valence electrons. The summed E-state index contributed by atoms with van der Waals surface area (Å²) in [5.74, 6) is -0.403. The Bertz CT molecular complexity index is 1370. The average molecular weight is 485 g/mol. The van der Waals surface area contributed by atoms with Crippen molar-refractivity contribution in [3.05, 3.63) is 131 Å². The van der Waals surface area contributed by atoms with E-state index < -0.39 is 22.0 Å². The summed E-state index contributed by atoms with van der Waals surface area (Å²) in [6, 6.07) is 32.5. The number of carbonyl (C=O) groups excluding carboxylic acids is 1. The van der Waals surface area contributed by atoms with Gasteiger partial charge in [0, 0.05) is 0 Å². The van der Waals surface area contributed by atoms with E-state index in [4.69, 9.17) is 0 Å². The van der Waals surface area contributed by atoms with E-state index in [1.807, 2.05) is 80.6 Å². The number of sulfonamides is 1. The van der Waals surface area contributed by atoms with Gasteiger partial charge in [0.1, 0.15) is 6.54 Å². The molecule has 0 fully saturated rings. The predicted octanol–water partition coefficient (Wildman–Crippen LogP) is 5.40. The molecule has 6 heteroatoms. The van der Waals surface area contributed by atoms with Crippen molar-refractivity contribution in [2.75, 3.05) is 10.8 Å². The molecule has 4 aromatic rings. The summed E-state index contributed by atoms with van der Waals surface area (Å²) in [7, 11) is -3.96. The second-order valence-electron chi connectivity index (χ2n) is 8.48. The second kappa shape index (κ2) is 10.6. The van der Waals surface area contributed by atoms with Crippen molar-refractivity contribution < 1.29 is 13.2 Å². The predicted molar refractivity (Wildman–Crippen MR) is 140 cm³/mol. The van der Waals surface area contributed by atoms with Crippen LogP contribution in [-0.2, 0) is 14.8 Å². The zero-order valence-corrected chi connectivity index (χ0v) is 20.6. The van der Waals surface area contributed by atoms with Crippen LogP contribution in [-0.4, -0.2) is 20.9 Å². The zero-order valence-electron chi connectivity index (χ0n) is 19.8. The minimum Gasteiger partial charge on any atom is -0.344 e. The van der Waals surface area contributed by atoms with Gasteiger partial charge in [0.2, 0.25) is 5.91 Å². The maximum Gasteiger partial charge on any atom is 0.264 e. The molecule has 0 spiro atoms. The summed E-state index contributed by atoms with van der Waals surface area (Å²) in [4.78, 5) is 13.5. The lowest BCUT2D eigenvalue weighted by Gasteiger charge is -2.26. The zero-order chi connectivity index (χ0) is 24.8. The van der Waals surface area contributed by atoms with Crippen molar-refractivity contribution in [2.45, 2.75) is 24.8 Å². The minimum atomic E-state index is -3.96. The van der Waals surface area contributed by atoms with E-state index in [-0.39, 0.29) is 11.4 Å². The molecule has 5 nitrogen and oxygen atoms in total. The largest absolute Gasteiger partial charge is 0.344 e. The molecule has 0 saturated heterocycles. The lowest BCUT2D eigenvalue weighted by Crippen LogP contribution is -2.42. The summed E-state index contributed by atoms with van der Waals surface area (Å²) in [5, 5.41) is 3.06. The number of nitrogens with zero attached hydrogens (tertiary/aromatic N) is 1. The highest BCUT2D eigenvalue weighted by Gasteiger charge is 2.28. The highest BCUT2D eigenvalue weighted by Crippen LogP contribution is 2.26. The van der Waals surface area contributed by atoms with E-state index in [0.717, 1.165) is 26.6 Å². The Labute approximate surface area is 207 Å². The van der Waals surface area contributed by atoms with Crippen molar-refractivity contribution >= 4 is 21.6 Å². The van der Waals surface area contributed by atoms with E-state index >= 15 is 0 Å². The summed E-state index contributed by atoms with van der Waals surface area (Å²) < 4.78 is 28.3. The number of hydrogen-bond donors (Lipinski definition) is 1. The van der Waals surface area contributed by atoms with Crippen LogP contribution in [0.4, 0.5) is 5.69 Å². The van der Waals surface area contributed by atoms with Crippen LogP contribution in [0, 0.1) is 13.8 Å². The number of aryl methyl sites for hydroxylation is 2. The fourth-order valence-corrected chi connectivity index (χ4v) is 5.29. The Morgan fingerprint density at radius 2 is 1.20 bits per heavy atom. The quantitative estimate of drug-likeness (QED) is 0.364. The molecule has 0 saturated carbocycles. The topological polar surface area (TPSA) is 66.5 Å². The number of carbonyl (C=O) groups is 1. The van der Waals surface area contributed by atoms with Gasteiger partial charge in [0.05, 0.1) is 16.6 Å². The van der Waals surface area contributed by atoms with Crippen molar-refractivity contribution in [1.29, 1.82) is 0 Å².